The highest BCUT2D eigenvalue weighted by molar-refractivity contribution is 8.14. The van der Waals surface area contributed by atoms with E-state index in [-0.39, 0.29) is 5.91 Å². The summed E-state index contributed by atoms with van der Waals surface area (Å²) < 4.78 is 5.32. The molecular weight excluding hydrogens is 200 g/mol. The third-order valence-electron chi connectivity index (χ3n) is 2.53. The van der Waals surface area contributed by atoms with Crippen molar-refractivity contribution in [1.29, 1.82) is 0 Å². The van der Waals surface area contributed by atoms with Gasteiger partial charge in [0.25, 0.3) is 5.91 Å². The summed E-state index contributed by atoms with van der Waals surface area (Å²) in [4.78, 5) is 17.1. The molecule has 0 aromatic heterocycles. The smallest absolute Gasteiger partial charge is 0.258 e. The van der Waals surface area contributed by atoms with Gasteiger partial charge in [-0.1, -0.05) is 11.8 Å². The molecule has 1 saturated heterocycles. The molecule has 0 radical (unpaired) electrons. The molecule has 78 valence electrons. The van der Waals surface area contributed by atoms with E-state index in [2.05, 4.69) is 9.89 Å². The number of likely N-dealkylation sites (tertiary alicyclic amines) is 1. The van der Waals surface area contributed by atoms with E-state index in [0.29, 0.717) is 11.9 Å². The van der Waals surface area contributed by atoms with Crippen molar-refractivity contribution < 1.29 is 9.53 Å². The van der Waals surface area contributed by atoms with Crippen LogP contribution in [0.1, 0.15) is 12.8 Å². The zero-order valence-corrected chi connectivity index (χ0v) is 9.05. The van der Waals surface area contributed by atoms with Crippen molar-refractivity contribution in [2.24, 2.45) is 4.99 Å². The predicted molar refractivity (Wildman–Crippen MR) is 56.5 cm³/mol. The Morgan fingerprint density at radius 2 is 2.50 bits per heavy atom. The fourth-order valence-corrected chi connectivity index (χ4v) is 2.60. The number of thioether (sulfide) groups is 1. The lowest BCUT2D eigenvalue weighted by Gasteiger charge is -2.32. The van der Waals surface area contributed by atoms with Gasteiger partial charge in [-0.25, -0.2) is 0 Å². The second-order valence-electron chi connectivity index (χ2n) is 3.52. The van der Waals surface area contributed by atoms with Crippen LogP contribution in [-0.4, -0.2) is 48.0 Å². The molecule has 1 unspecified atom stereocenters. The number of rotatable bonds is 1. The summed E-state index contributed by atoms with van der Waals surface area (Å²) in [7, 11) is 1.74. The van der Waals surface area contributed by atoms with E-state index in [1.54, 1.807) is 18.9 Å². The maximum absolute atomic E-state index is 11.0. The molecule has 2 rings (SSSR count). The summed E-state index contributed by atoms with van der Waals surface area (Å²) in [5.74, 6) is 0.494. The van der Waals surface area contributed by atoms with Crippen LogP contribution in [0, 0.1) is 0 Å². The Bertz CT molecular complexity index is 268. The lowest BCUT2D eigenvalue weighted by atomic mass is 10.1. The summed E-state index contributed by atoms with van der Waals surface area (Å²) >= 11 is 1.54. The molecule has 0 saturated carbocycles. The number of carbonyl (C=O) groups is 1. The van der Waals surface area contributed by atoms with E-state index in [1.165, 1.54) is 0 Å². The molecule has 0 aliphatic carbocycles. The Labute approximate surface area is 87.7 Å². The van der Waals surface area contributed by atoms with Gasteiger partial charge in [-0.15, -0.1) is 0 Å². The van der Waals surface area contributed by atoms with Gasteiger partial charge in [-0.3, -0.25) is 4.79 Å². The van der Waals surface area contributed by atoms with Crippen molar-refractivity contribution >= 4 is 22.8 Å². The fraction of sp³-hybridized carbons (Fsp3) is 0.778. The van der Waals surface area contributed by atoms with Crippen LogP contribution in [-0.2, 0) is 9.53 Å². The minimum Gasteiger partial charge on any atom is -0.380 e. The largest absolute Gasteiger partial charge is 0.380 e. The van der Waals surface area contributed by atoms with Gasteiger partial charge in [-0.05, 0) is 12.8 Å². The lowest BCUT2D eigenvalue weighted by Crippen LogP contribution is -2.41. The summed E-state index contributed by atoms with van der Waals surface area (Å²) in [6.07, 6.45) is 2.52. The fourth-order valence-electron chi connectivity index (χ4n) is 1.76. The highest BCUT2D eigenvalue weighted by Crippen LogP contribution is 2.21. The maximum Gasteiger partial charge on any atom is 0.258 e. The molecule has 0 N–H and O–H groups in total. The molecule has 4 nitrogen and oxygen atoms in total. The van der Waals surface area contributed by atoms with Crippen molar-refractivity contribution in [2.75, 3.05) is 26.0 Å². The van der Waals surface area contributed by atoms with E-state index >= 15 is 0 Å². The topological polar surface area (TPSA) is 41.9 Å². The molecule has 0 aromatic carbocycles. The van der Waals surface area contributed by atoms with Gasteiger partial charge in [0.15, 0.2) is 5.17 Å². The first-order valence-corrected chi connectivity index (χ1v) is 5.80. The predicted octanol–water partition coefficient (Wildman–Crippen LogP) is 0.727. The van der Waals surface area contributed by atoms with Gasteiger partial charge in [0, 0.05) is 20.2 Å². The number of aliphatic imine (C=N–C) groups is 1. The van der Waals surface area contributed by atoms with E-state index in [9.17, 15) is 4.79 Å². The number of hydrogen-bond donors (Lipinski definition) is 0. The maximum atomic E-state index is 11.0. The molecule has 14 heavy (non-hydrogen) atoms. The normalized spacial score (nSPS) is 28.1. The Kier molecular flexibility index (Phi) is 3.08. The Balaban J connectivity index is 1.97. The number of amidine groups is 1. The quantitative estimate of drug-likeness (QED) is 0.645. The summed E-state index contributed by atoms with van der Waals surface area (Å²) in [6.45, 7) is 1.87. The molecule has 1 amide bonds. The molecule has 0 spiro atoms. The van der Waals surface area contributed by atoms with Gasteiger partial charge >= 0.3 is 0 Å². The highest BCUT2D eigenvalue weighted by atomic mass is 32.2. The molecule has 2 aliphatic rings. The van der Waals surface area contributed by atoms with Gasteiger partial charge in [0.2, 0.25) is 0 Å². The minimum absolute atomic E-state index is 0.00968. The first kappa shape index (κ1) is 9.98. The second-order valence-corrected chi connectivity index (χ2v) is 4.47. The van der Waals surface area contributed by atoms with E-state index in [4.69, 9.17) is 4.74 Å². The first-order valence-electron chi connectivity index (χ1n) is 4.81. The molecule has 2 heterocycles. The van der Waals surface area contributed by atoms with Crippen LogP contribution in [0.25, 0.3) is 0 Å². The monoisotopic (exact) mass is 214 g/mol. The number of carbonyl (C=O) groups excluding carboxylic acids is 1. The third kappa shape index (κ3) is 2.09. The van der Waals surface area contributed by atoms with Crippen LogP contribution in [0.4, 0.5) is 0 Å². The lowest BCUT2D eigenvalue weighted by molar-refractivity contribution is -0.115. The Morgan fingerprint density at radius 1 is 1.64 bits per heavy atom. The van der Waals surface area contributed by atoms with Crippen LogP contribution in [0.5, 0.6) is 0 Å². The highest BCUT2D eigenvalue weighted by Gasteiger charge is 2.26. The van der Waals surface area contributed by atoms with Crippen LogP contribution in [0.2, 0.25) is 0 Å². The number of methoxy groups -OCH3 is 1. The molecule has 1 atom stereocenters. The number of hydrogen-bond acceptors (Lipinski definition) is 4. The van der Waals surface area contributed by atoms with Crippen LogP contribution in [0.3, 0.4) is 0 Å². The summed E-state index contributed by atoms with van der Waals surface area (Å²) in [5.41, 5.74) is 0. The Morgan fingerprint density at radius 3 is 3.14 bits per heavy atom. The number of amides is 1. The zero-order chi connectivity index (χ0) is 9.97. The van der Waals surface area contributed by atoms with E-state index in [1.807, 2.05) is 0 Å². The molecule has 0 bridgehead atoms. The van der Waals surface area contributed by atoms with Crippen molar-refractivity contribution in [3.63, 3.8) is 0 Å². The van der Waals surface area contributed by atoms with Gasteiger partial charge in [-0.2, -0.15) is 4.99 Å². The minimum atomic E-state index is -0.00968. The van der Waals surface area contributed by atoms with Gasteiger partial charge in [0.05, 0.1) is 11.9 Å². The zero-order valence-electron chi connectivity index (χ0n) is 8.23. The molecule has 5 heteroatoms. The summed E-state index contributed by atoms with van der Waals surface area (Å²) in [5, 5.41) is 0.886. The first-order chi connectivity index (χ1) is 6.79. The Hall–Kier alpha value is -0.550. The van der Waals surface area contributed by atoms with Crippen molar-refractivity contribution in [2.45, 2.75) is 18.9 Å². The van der Waals surface area contributed by atoms with Crippen molar-refractivity contribution in [1.82, 2.24) is 4.90 Å². The SMILES string of the molecule is COC1CCCN(C2=NC(=O)CS2)C1. The average molecular weight is 214 g/mol. The third-order valence-corrected chi connectivity index (χ3v) is 3.53. The molecule has 2 aliphatic heterocycles. The van der Waals surface area contributed by atoms with Gasteiger partial charge in [0.1, 0.15) is 0 Å². The molecular formula is C9H14N2O2S. The van der Waals surface area contributed by atoms with Crippen LogP contribution >= 0.6 is 11.8 Å². The van der Waals surface area contributed by atoms with E-state index in [0.717, 1.165) is 31.1 Å². The molecule has 1 fully saturated rings. The number of nitrogens with zero attached hydrogens (tertiary/aromatic N) is 2. The average Bonchev–Trinajstić information content (AvgIpc) is 2.65. The molecule has 0 aromatic rings. The second kappa shape index (κ2) is 4.31. The van der Waals surface area contributed by atoms with Crippen molar-refractivity contribution in [3.05, 3.63) is 0 Å². The van der Waals surface area contributed by atoms with Gasteiger partial charge < -0.3 is 9.64 Å². The standard InChI is InChI=1S/C9H14N2O2S/c1-13-7-3-2-4-11(5-7)9-10-8(12)6-14-9/h7H,2-6H2,1H3. The number of piperidine rings is 1. The van der Waals surface area contributed by atoms with Crippen LogP contribution in [0.15, 0.2) is 4.99 Å². The number of ether oxygens (including phenoxy) is 1. The van der Waals surface area contributed by atoms with Crippen molar-refractivity contribution in [3.8, 4) is 0 Å². The van der Waals surface area contributed by atoms with Crippen LogP contribution < -0.4 is 0 Å². The van der Waals surface area contributed by atoms with E-state index < -0.39 is 0 Å². The summed E-state index contributed by atoms with van der Waals surface area (Å²) in [6, 6.07) is 0.